The van der Waals surface area contributed by atoms with Crippen LogP contribution in [0.15, 0.2) is 18.2 Å². The van der Waals surface area contributed by atoms with E-state index < -0.39 is 5.97 Å². The summed E-state index contributed by atoms with van der Waals surface area (Å²) in [6.07, 6.45) is 1.08. The molecule has 2 N–H and O–H groups in total. The third-order valence-corrected chi connectivity index (χ3v) is 4.41. The summed E-state index contributed by atoms with van der Waals surface area (Å²) in [7, 11) is 0. The van der Waals surface area contributed by atoms with Crippen LogP contribution in [-0.4, -0.2) is 53.7 Å². The van der Waals surface area contributed by atoms with E-state index in [1.165, 1.54) is 0 Å². The molecule has 24 heavy (non-hydrogen) atoms. The lowest BCUT2D eigenvalue weighted by Crippen LogP contribution is -2.47. The summed E-state index contributed by atoms with van der Waals surface area (Å²) in [5.41, 5.74) is 1.85. The Labute approximate surface area is 142 Å². The molecular formula is C18H26N2O4. The molecule has 2 rings (SSSR count). The number of amides is 1. The van der Waals surface area contributed by atoms with Crippen molar-refractivity contribution in [3.05, 3.63) is 29.3 Å². The number of rotatable bonds is 7. The summed E-state index contributed by atoms with van der Waals surface area (Å²) in [5.74, 6) is -0.0266. The Kier molecular flexibility index (Phi) is 5.83. The molecule has 1 heterocycles. The molecule has 1 atom stereocenters. The van der Waals surface area contributed by atoms with Crippen LogP contribution in [0, 0.1) is 13.8 Å². The van der Waals surface area contributed by atoms with Gasteiger partial charge in [0.2, 0.25) is 5.91 Å². The van der Waals surface area contributed by atoms with Gasteiger partial charge in [0.25, 0.3) is 0 Å². The second-order valence-corrected chi connectivity index (χ2v) is 6.74. The van der Waals surface area contributed by atoms with E-state index in [0.29, 0.717) is 26.1 Å². The zero-order valence-corrected chi connectivity index (χ0v) is 14.6. The quantitative estimate of drug-likeness (QED) is 0.794. The third kappa shape index (κ3) is 4.96. The van der Waals surface area contributed by atoms with Crippen LogP contribution in [-0.2, 0) is 9.59 Å². The Hall–Kier alpha value is -2.08. The van der Waals surface area contributed by atoms with Crippen molar-refractivity contribution in [1.29, 1.82) is 0 Å². The smallest absolute Gasteiger partial charge is 0.317 e. The Bertz CT molecular complexity index is 617. The fourth-order valence-corrected chi connectivity index (χ4v) is 2.88. The van der Waals surface area contributed by atoms with Crippen molar-refractivity contribution in [2.24, 2.45) is 0 Å². The number of carboxylic acid groups (broad SMARTS) is 1. The van der Waals surface area contributed by atoms with Gasteiger partial charge in [-0.2, -0.15) is 0 Å². The van der Waals surface area contributed by atoms with E-state index >= 15 is 0 Å². The number of carbonyl (C=O) groups is 2. The summed E-state index contributed by atoms with van der Waals surface area (Å²) in [6, 6.07) is 6.01. The molecule has 1 fully saturated rings. The molecule has 6 nitrogen and oxygen atoms in total. The fraction of sp³-hybridized carbons (Fsp3) is 0.556. The molecule has 0 saturated carbocycles. The van der Waals surface area contributed by atoms with Crippen LogP contribution < -0.4 is 10.1 Å². The van der Waals surface area contributed by atoms with Gasteiger partial charge in [0.15, 0.2) is 0 Å². The van der Waals surface area contributed by atoms with Crippen LogP contribution in [0.25, 0.3) is 0 Å². The second kappa shape index (κ2) is 7.66. The molecule has 132 valence electrons. The van der Waals surface area contributed by atoms with E-state index in [1.807, 2.05) is 39.0 Å². The van der Waals surface area contributed by atoms with Gasteiger partial charge in [0, 0.05) is 18.6 Å². The summed E-state index contributed by atoms with van der Waals surface area (Å²) < 4.78 is 5.74. The molecule has 0 radical (unpaired) electrons. The van der Waals surface area contributed by atoms with Gasteiger partial charge in [-0.05, 0) is 44.4 Å². The fourth-order valence-electron chi connectivity index (χ4n) is 2.88. The van der Waals surface area contributed by atoms with Crippen molar-refractivity contribution < 1.29 is 19.4 Å². The van der Waals surface area contributed by atoms with E-state index in [-0.39, 0.29) is 18.0 Å². The lowest BCUT2D eigenvalue weighted by atomic mass is 10.0. The van der Waals surface area contributed by atoms with Crippen molar-refractivity contribution in [3.63, 3.8) is 0 Å². The van der Waals surface area contributed by atoms with Gasteiger partial charge < -0.3 is 14.7 Å². The molecule has 1 unspecified atom stereocenters. The predicted octanol–water partition coefficient (Wildman–Crippen LogP) is 1.74. The lowest BCUT2D eigenvalue weighted by Gasteiger charge is -2.25. The highest BCUT2D eigenvalue weighted by molar-refractivity contribution is 5.77. The number of nitrogens with one attached hydrogen (secondary N) is 1. The molecule has 0 aliphatic carbocycles. The van der Waals surface area contributed by atoms with E-state index in [9.17, 15) is 9.59 Å². The normalized spacial score (nSPS) is 20.2. The Morgan fingerprint density at radius 2 is 2.12 bits per heavy atom. The van der Waals surface area contributed by atoms with Crippen LogP contribution in [0.4, 0.5) is 0 Å². The number of hydrogen-bond acceptors (Lipinski definition) is 4. The van der Waals surface area contributed by atoms with E-state index in [0.717, 1.165) is 23.3 Å². The number of aliphatic carboxylic acids is 1. The Morgan fingerprint density at radius 3 is 2.83 bits per heavy atom. The highest BCUT2D eigenvalue weighted by Gasteiger charge is 2.35. The van der Waals surface area contributed by atoms with Gasteiger partial charge in [0.05, 0.1) is 19.6 Å². The summed E-state index contributed by atoms with van der Waals surface area (Å²) in [6.45, 7) is 7.38. The number of nitrogens with zero attached hydrogens (tertiary/aromatic N) is 1. The molecule has 1 aliphatic heterocycles. The van der Waals surface area contributed by atoms with Crippen LogP contribution in [0.2, 0.25) is 0 Å². The maximum atomic E-state index is 12.3. The van der Waals surface area contributed by atoms with Gasteiger partial charge in [-0.3, -0.25) is 14.9 Å². The zero-order valence-electron chi connectivity index (χ0n) is 14.6. The highest BCUT2D eigenvalue weighted by Crippen LogP contribution is 2.22. The van der Waals surface area contributed by atoms with Gasteiger partial charge in [0.1, 0.15) is 5.75 Å². The first kappa shape index (κ1) is 18.3. The summed E-state index contributed by atoms with van der Waals surface area (Å²) in [4.78, 5) is 24.8. The highest BCUT2D eigenvalue weighted by atomic mass is 16.5. The average Bonchev–Trinajstić information content (AvgIpc) is 2.92. The first-order valence-corrected chi connectivity index (χ1v) is 8.24. The van der Waals surface area contributed by atoms with Crippen LogP contribution in [0.3, 0.4) is 0 Å². The largest absolute Gasteiger partial charge is 0.493 e. The zero-order chi connectivity index (χ0) is 17.7. The van der Waals surface area contributed by atoms with Gasteiger partial charge in [-0.25, -0.2) is 0 Å². The van der Waals surface area contributed by atoms with Gasteiger partial charge in [-0.1, -0.05) is 12.1 Å². The van der Waals surface area contributed by atoms with Crippen LogP contribution in [0.1, 0.15) is 30.9 Å². The number of likely N-dealkylation sites (tertiary alicyclic amines) is 1. The Balaban J connectivity index is 1.79. The topological polar surface area (TPSA) is 78.9 Å². The molecule has 1 aromatic carbocycles. The molecule has 1 aliphatic rings. The maximum Gasteiger partial charge on any atom is 0.317 e. The molecule has 1 saturated heterocycles. The lowest BCUT2D eigenvalue weighted by molar-refractivity contribution is -0.136. The minimum atomic E-state index is -0.886. The second-order valence-electron chi connectivity index (χ2n) is 6.74. The molecule has 6 heteroatoms. The Morgan fingerprint density at radius 1 is 1.38 bits per heavy atom. The van der Waals surface area contributed by atoms with Crippen molar-refractivity contribution >= 4 is 11.9 Å². The standard InChI is InChI=1S/C18H26N2O4/c1-13-4-5-14(2)15(10-13)24-9-6-16(21)20-8-7-18(3,12-20)19-11-17(22)23/h4-5,10,19H,6-9,11-12H2,1-3H3,(H,22,23). The molecule has 1 aromatic rings. The molecular weight excluding hydrogens is 308 g/mol. The number of carboxylic acids is 1. The minimum absolute atomic E-state index is 0.0427. The van der Waals surface area contributed by atoms with Crippen LogP contribution in [0.5, 0.6) is 5.75 Å². The van der Waals surface area contributed by atoms with Gasteiger partial charge in [-0.15, -0.1) is 0 Å². The monoisotopic (exact) mass is 334 g/mol. The number of benzene rings is 1. The van der Waals surface area contributed by atoms with Crippen molar-refractivity contribution in [1.82, 2.24) is 10.2 Å². The molecule has 1 amide bonds. The number of ether oxygens (including phenoxy) is 1. The van der Waals surface area contributed by atoms with Crippen molar-refractivity contribution in [3.8, 4) is 5.75 Å². The van der Waals surface area contributed by atoms with Crippen molar-refractivity contribution in [2.45, 2.75) is 39.2 Å². The van der Waals surface area contributed by atoms with E-state index in [1.54, 1.807) is 4.90 Å². The van der Waals surface area contributed by atoms with Crippen molar-refractivity contribution in [2.75, 3.05) is 26.2 Å². The average molecular weight is 334 g/mol. The summed E-state index contributed by atoms with van der Waals surface area (Å²) >= 11 is 0. The first-order valence-electron chi connectivity index (χ1n) is 8.24. The SMILES string of the molecule is Cc1ccc(C)c(OCCC(=O)N2CCC(C)(NCC(=O)O)C2)c1. The summed E-state index contributed by atoms with van der Waals surface area (Å²) in [5, 5.41) is 11.8. The molecule has 0 aromatic heterocycles. The first-order chi connectivity index (χ1) is 11.3. The minimum Gasteiger partial charge on any atom is -0.493 e. The van der Waals surface area contributed by atoms with Crippen LogP contribution >= 0.6 is 0 Å². The number of aryl methyl sites for hydroxylation is 2. The van der Waals surface area contributed by atoms with E-state index in [2.05, 4.69) is 5.32 Å². The predicted molar refractivity (Wildman–Crippen MR) is 91.3 cm³/mol. The third-order valence-electron chi connectivity index (χ3n) is 4.41. The number of hydrogen-bond donors (Lipinski definition) is 2. The number of carbonyl (C=O) groups excluding carboxylic acids is 1. The molecule has 0 spiro atoms. The molecule has 0 bridgehead atoms. The maximum absolute atomic E-state index is 12.3. The van der Waals surface area contributed by atoms with E-state index in [4.69, 9.17) is 9.84 Å². The van der Waals surface area contributed by atoms with Gasteiger partial charge >= 0.3 is 5.97 Å².